The summed E-state index contributed by atoms with van der Waals surface area (Å²) in [5, 5.41) is 0. The van der Waals surface area contributed by atoms with Crippen LogP contribution in [0.2, 0.25) is 0 Å². The molecule has 1 unspecified atom stereocenters. The molecule has 1 atom stereocenters. The molecule has 3 aromatic rings. The van der Waals surface area contributed by atoms with Crippen molar-refractivity contribution in [1.82, 2.24) is 0 Å². The Hall–Kier alpha value is -2.15. The van der Waals surface area contributed by atoms with E-state index >= 15 is 0 Å². The minimum atomic E-state index is -0.465. The van der Waals surface area contributed by atoms with Crippen molar-refractivity contribution in [2.45, 2.75) is 0 Å². The molecule has 0 aliphatic carbocycles. The van der Waals surface area contributed by atoms with Crippen LogP contribution in [0.3, 0.4) is 0 Å². The molecule has 0 bridgehead atoms. The molecule has 0 heterocycles. The molecule has 106 valence electrons. The minimum Gasteiger partial charge on any atom is -0.450 e. The lowest BCUT2D eigenvalue weighted by atomic mass is 10.1. The number of benzene rings is 3. The summed E-state index contributed by atoms with van der Waals surface area (Å²) in [6, 6.07) is 30.0. The van der Waals surface area contributed by atoms with Gasteiger partial charge < -0.3 is 9.42 Å². The van der Waals surface area contributed by atoms with Crippen LogP contribution in [0.15, 0.2) is 91.0 Å². The largest absolute Gasteiger partial charge is 0.450 e. The van der Waals surface area contributed by atoms with Crippen molar-refractivity contribution in [3.05, 3.63) is 91.0 Å². The van der Waals surface area contributed by atoms with E-state index in [2.05, 4.69) is 48.5 Å². The Kier molecular flexibility index (Phi) is 6.47. The van der Waals surface area contributed by atoms with E-state index in [4.69, 9.17) is 9.42 Å². The molecule has 3 rings (SSSR count). The van der Waals surface area contributed by atoms with Crippen LogP contribution < -0.4 is 4.52 Å². The van der Waals surface area contributed by atoms with Gasteiger partial charge in [0.25, 0.3) is 0 Å². The Balaban J connectivity index is 0.000000161. The summed E-state index contributed by atoms with van der Waals surface area (Å²) in [5.41, 5.74) is 2.55. The van der Waals surface area contributed by atoms with Crippen molar-refractivity contribution < 1.29 is 9.42 Å². The minimum absolute atomic E-state index is 0.465. The molecular formula is C18H17O2P. The molecule has 3 heteroatoms. The van der Waals surface area contributed by atoms with Gasteiger partial charge in [-0.2, -0.15) is 0 Å². The Morgan fingerprint density at radius 1 is 0.571 bits per heavy atom. The maximum atomic E-state index is 8.33. The molecule has 1 N–H and O–H groups in total. The third-order valence-corrected chi connectivity index (χ3v) is 3.11. The first-order valence-electron chi connectivity index (χ1n) is 6.61. The summed E-state index contributed by atoms with van der Waals surface area (Å²) >= 11 is 0. The maximum Gasteiger partial charge on any atom is 0.212 e. The fourth-order valence-corrected chi connectivity index (χ4v) is 2.04. The van der Waals surface area contributed by atoms with Crippen molar-refractivity contribution in [2.75, 3.05) is 0 Å². The van der Waals surface area contributed by atoms with Crippen molar-refractivity contribution >= 4 is 9.03 Å². The van der Waals surface area contributed by atoms with Crippen LogP contribution in [0.4, 0.5) is 0 Å². The molecule has 0 aliphatic rings. The second-order valence-corrected chi connectivity index (χ2v) is 4.63. The van der Waals surface area contributed by atoms with Crippen LogP contribution in [0, 0.1) is 0 Å². The predicted molar refractivity (Wildman–Crippen MR) is 89.5 cm³/mol. The molecule has 2 nitrogen and oxygen atoms in total. The quantitative estimate of drug-likeness (QED) is 0.695. The van der Waals surface area contributed by atoms with E-state index in [1.807, 2.05) is 30.3 Å². The zero-order chi connectivity index (χ0) is 14.8. The lowest BCUT2D eigenvalue weighted by Gasteiger charge is -1.98. The molecule has 0 aromatic heterocycles. The first-order chi connectivity index (χ1) is 10.4. The van der Waals surface area contributed by atoms with Gasteiger partial charge in [-0.25, -0.2) is 0 Å². The summed E-state index contributed by atoms with van der Waals surface area (Å²) in [5.74, 6) is 0.707. The smallest absolute Gasteiger partial charge is 0.212 e. The Labute approximate surface area is 127 Å². The number of para-hydroxylation sites is 1. The maximum absolute atomic E-state index is 8.33. The van der Waals surface area contributed by atoms with Gasteiger partial charge in [0.05, 0.1) is 0 Å². The van der Waals surface area contributed by atoms with E-state index < -0.39 is 9.03 Å². The Bertz CT molecular complexity index is 575. The Morgan fingerprint density at radius 3 is 1.33 bits per heavy atom. The topological polar surface area (TPSA) is 29.5 Å². The second-order valence-electron chi connectivity index (χ2n) is 4.24. The van der Waals surface area contributed by atoms with Crippen LogP contribution in [-0.2, 0) is 0 Å². The molecule has 0 fully saturated rings. The fourth-order valence-electron chi connectivity index (χ4n) is 1.80. The summed E-state index contributed by atoms with van der Waals surface area (Å²) < 4.78 is 4.79. The normalized spacial score (nSPS) is 9.95. The monoisotopic (exact) mass is 296 g/mol. The van der Waals surface area contributed by atoms with Crippen LogP contribution in [0.25, 0.3) is 11.1 Å². The van der Waals surface area contributed by atoms with Gasteiger partial charge >= 0.3 is 0 Å². The van der Waals surface area contributed by atoms with Crippen LogP contribution >= 0.6 is 9.03 Å². The van der Waals surface area contributed by atoms with Gasteiger partial charge in [-0.1, -0.05) is 78.9 Å². The van der Waals surface area contributed by atoms with Crippen molar-refractivity contribution in [3.8, 4) is 16.9 Å². The molecule has 21 heavy (non-hydrogen) atoms. The van der Waals surface area contributed by atoms with E-state index in [0.717, 1.165) is 0 Å². The summed E-state index contributed by atoms with van der Waals surface area (Å²) in [6.45, 7) is 0. The summed E-state index contributed by atoms with van der Waals surface area (Å²) in [6.07, 6.45) is 0. The fraction of sp³-hybridized carbons (Fsp3) is 0. The zero-order valence-electron chi connectivity index (χ0n) is 11.5. The lowest BCUT2D eigenvalue weighted by Crippen LogP contribution is -1.73. The molecule has 0 aliphatic heterocycles. The van der Waals surface area contributed by atoms with Gasteiger partial charge in [-0.05, 0) is 23.3 Å². The third-order valence-electron chi connectivity index (χ3n) is 2.79. The average molecular weight is 296 g/mol. The molecule has 0 spiro atoms. The highest BCUT2D eigenvalue weighted by molar-refractivity contribution is 7.25. The first-order valence-corrected chi connectivity index (χ1v) is 7.47. The van der Waals surface area contributed by atoms with E-state index in [9.17, 15) is 0 Å². The van der Waals surface area contributed by atoms with Gasteiger partial charge in [0.15, 0.2) is 0 Å². The first kappa shape index (κ1) is 15.2. The lowest BCUT2D eigenvalue weighted by molar-refractivity contribution is 0.514. The SMILES string of the molecule is OPOc1ccccc1.c1ccc(-c2ccccc2)cc1. The van der Waals surface area contributed by atoms with Crippen molar-refractivity contribution in [1.29, 1.82) is 0 Å². The molecule has 0 radical (unpaired) electrons. The molecule has 3 aromatic carbocycles. The molecule has 0 saturated heterocycles. The molecular weight excluding hydrogens is 279 g/mol. The van der Waals surface area contributed by atoms with Gasteiger partial charge in [0.1, 0.15) is 5.75 Å². The van der Waals surface area contributed by atoms with E-state index in [0.29, 0.717) is 5.75 Å². The number of rotatable bonds is 3. The van der Waals surface area contributed by atoms with E-state index in [1.54, 1.807) is 12.1 Å². The molecule has 0 saturated carbocycles. The van der Waals surface area contributed by atoms with Crippen LogP contribution in [0.1, 0.15) is 0 Å². The highest BCUT2D eigenvalue weighted by Crippen LogP contribution is 2.17. The average Bonchev–Trinajstić information content (AvgIpc) is 2.58. The van der Waals surface area contributed by atoms with Gasteiger partial charge in [0.2, 0.25) is 9.03 Å². The third kappa shape index (κ3) is 5.39. The van der Waals surface area contributed by atoms with Crippen molar-refractivity contribution in [3.63, 3.8) is 0 Å². The van der Waals surface area contributed by atoms with Gasteiger partial charge in [0, 0.05) is 0 Å². The highest BCUT2D eigenvalue weighted by Gasteiger charge is 1.91. The van der Waals surface area contributed by atoms with Gasteiger partial charge in [-0.15, -0.1) is 0 Å². The zero-order valence-corrected chi connectivity index (χ0v) is 12.5. The standard InChI is InChI=1S/C12H10.C6H7O2P/c1-3-7-11(8-4-1)12-9-5-2-6-10-12;7-9-8-6-4-2-1-3-5-6/h1-10H;1-5,7,9H. The summed E-state index contributed by atoms with van der Waals surface area (Å²) in [7, 11) is -0.465. The second kappa shape index (κ2) is 8.91. The highest BCUT2D eigenvalue weighted by atomic mass is 31.1. The van der Waals surface area contributed by atoms with Crippen LogP contribution in [-0.4, -0.2) is 4.89 Å². The summed E-state index contributed by atoms with van der Waals surface area (Å²) in [4.78, 5) is 8.33. The Morgan fingerprint density at radius 2 is 0.952 bits per heavy atom. The number of hydrogen-bond acceptors (Lipinski definition) is 2. The molecule has 0 amide bonds. The van der Waals surface area contributed by atoms with Gasteiger partial charge in [-0.3, -0.25) is 0 Å². The van der Waals surface area contributed by atoms with Crippen molar-refractivity contribution in [2.24, 2.45) is 0 Å². The number of hydrogen-bond donors (Lipinski definition) is 1. The van der Waals surface area contributed by atoms with E-state index in [1.165, 1.54) is 11.1 Å². The van der Waals surface area contributed by atoms with Crippen LogP contribution in [0.5, 0.6) is 5.75 Å². The predicted octanol–water partition coefficient (Wildman–Crippen LogP) is 4.92. The van der Waals surface area contributed by atoms with E-state index in [-0.39, 0.29) is 0 Å².